The quantitative estimate of drug-likeness (QED) is 0.453. The number of amides is 3. The van der Waals surface area contributed by atoms with Gasteiger partial charge in [-0.25, -0.2) is 0 Å². The number of unbranched alkanes of at least 4 members (excludes halogenated alkanes) is 1. The van der Waals surface area contributed by atoms with Gasteiger partial charge in [-0.15, -0.1) is 0 Å². The monoisotopic (exact) mass is 489 g/mol. The summed E-state index contributed by atoms with van der Waals surface area (Å²) in [7, 11) is 0. The van der Waals surface area contributed by atoms with Crippen molar-refractivity contribution in [2.75, 3.05) is 11.4 Å². The molecule has 1 heterocycles. The zero-order valence-electron chi connectivity index (χ0n) is 21.7. The van der Waals surface area contributed by atoms with Gasteiger partial charge in [-0.05, 0) is 54.7 Å². The molecule has 1 aliphatic carbocycles. The number of carbonyl (C=O) groups excluding carboxylic acids is 3. The fraction of sp³-hybridized carbons (Fsp3) is 0.500. The number of primary amides is 1. The maximum Gasteiger partial charge on any atom is 0.254 e. The fourth-order valence-electron chi connectivity index (χ4n) is 5.40. The summed E-state index contributed by atoms with van der Waals surface area (Å²) in [6, 6.07) is 15.0. The van der Waals surface area contributed by atoms with Gasteiger partial charge in [0.1, 0.15) is 6.04 Å². The average molecular weight is 490 g/mol. The highest BCUT2D eigenvalue weighted by molar-refractivity contribution is 6.06. The van der Waals surface area contributed by atoms with E-state index >= 15 is 0 Å². The molecule has 6 nitrogen and oxygen atoms in total. The standard InChI is InChI=1S/C30H39N3O3/c1-4-5-10-24(28(31)34)25(17-19(2)3)29(35)32-27-23-13-7-6-11-21(23)22-12-8-9-14-26(22)33(30(27)36)18-20-15-16-20/h6-9,11-14,19-20,24-25,27H,4-5,10,15-18H2,1-3H3,(H2,31,34)(H,32,35)/t24-,25+,27?/m0/s1. The van der Waals surface area contributed by atoms with E-state index in [0.29, 0.717) is 25.3 Å². The molecule has 2 aromatic rings. The molecule has 0 bridgehead atoms. The van der Waals surface area contributed by atoms with Crippen LogP contribution in [0.1, 0.15) is 70.9 Å². The summed E-state index contributed by atoms with van der Waals surface area (Å²) >= 11 is 0. The molecule has 0 aromatic heterocycles. The molecule has 3 amide bonds. The lowest BCUT2D eigenvalue weighted by atomic mass is 9.81. The third kappa shape index (κ3) is 5.63. The van der Waals surface area contributed by atoms with E-state index in [1.54, 1.807) is 0 Å². The number of hydrogen-bond acceptors (Lipinski definition) is 3. The maximum atomic E-state index is 14.1. The molecule has 2 aromatic carbocycles. The number of hydrogen-bond donors (Lipinski definition) is 2. The van der Waals surface area contributed by atoms with E-state index in [4.69, 9.17) is 5.73 Å². The Kier molecular flexibility index (Phi) is 8.12. The van der Waals surface area contributed by atoms with Crippen molar-refractivity contribution in [2.45, 2.75) is 65.3 Å². The molecule has 3 atom stereocenters. The zero-order chi connectivity index (χ0) is 25.8. The summed E-state index contributed by atoms with van der Waals surface area (Å²) in [5, 5.41) is 3.10. The van der Waals surface area contributed by atoms with Crippen LogP contribution in [0.3, 0.4) is 0 Å². The van der Waals surface area contributed by atoms with E-state index in [9.17, 15) is 14.4 Å². The first-order valence-electron chi connectivity index (χ1n) is 13.4. The van der Waals surface area contributed by atoms with Crippen LogP contribution in [0.15, 0.2) is 48.5 Å². The van der Waals surface area contributed by atoms with Gasteiger partial charge < -0.3 is 16.0 Å². The third-order valence-corrected chi connectivity index (χ3v) is 7.48. The first kappa shape index (κ1) is 25.9. The molecule has 1 saturated carbocycles. The SMILES string of the molecule is CCCC[C@H](C(N)=O)[C@@H](CC(C)C)C(=O)NC1C(=O)N(CC2CC2)c2ccccc2-c2ccccc21. The van der Waals surface area contributed by atoms with E-state index in [1.807, 2.05) is 67.3 Å². The van der Waals surface area contributed by atoms with Crippen LogP contribution >= 0.6 is 0 Å². The minimum atomic E-state index is -0.825. The molecule has 6 heteroatoms. The number of nitrogens with one attached hydrogen (secondary N) is 1. The van der Waals surface area contributed by atoms with Crippen LogP contribution in [0.25, 0.3) is 11.1 Å². The number of anilines is 1. The van der Waals surface area contributed by atoms with Gasteiger partial charge in [0, 0.05) is 23.9 Å². The largest absolute Gasteiger partial charge is 0.369 e. The van der Waals surface area contributed by atoms with Crippen molar-refractivity contribution >= 4 is 23.4 Å². The van der Waals surface area contributed by atoms with Crippen LogP contribution in [-0.4, -0.2) is 24.3 Å². The van der Waals surface area contributed by atoms with Crippen molar-refractivity contribution in [3.05, 3.63) is 54.1 Å². The summed E-state index contributed by atoms with van der Waals surface area (Å²) in [6.45, 7) is 6.78. The second kappa shape index (κ2) is 11.3. The minimum absolute atomic E-state index is 0.125. The van der Waals surface area contributed by atoms with E-state index < -0.39 is 23.8 Å². The van der Waals surface area contributed by atoms with E-state index in [0.717, 1.165) is 48.1 Å². The molecule has 0 radical (unpaired) electrons. The van der Waals surface area contributed by atoms with Crippen molar-refractivity contribution < 1.29 is 14.4 Å². The molecular weight excluding hydrogens is 450 g/mol. The van der Waals surface area contributed by atoms with Gasteiger partial charge in [0.15, 0.2) is 0 Å². The highest BCUT2D eigenvalue weighted by Gasteiger charge is 2.40. The highest BCUT2D eigenvalue weighted by Crippen LogP contribution is 2.42. The van der Waals surface area contributed by atoms with Crippen LogP contribution in [0, 0.1) is 23.7 Å². The summed E-state index contributed by atoms with van der Waals surface area (Å²) in [5.41, 5.74) is 9.41. The Hall–Kier alpha value is -3.15. The third-order valence-electron chi connectivity index (χ3n) is 7.48. The smallest absolute Gasteiger partial charge is 0.254 e. The number of rotatable bonds is 11. The molecule has 3 N–H and O–H groups in total. The van der Waals surface area contributed by atoms with Crippen LogP contribution in [0.2, 0.25) is 0 Å². The van der Waals surface area contributed by atoms with E-state index in [1.165, 1.54) is 0 Å². The van der Waals surface area contributed by atoms with Crippen molar-refractivity contribution in [2.24, 2.45) is 29.4 Å². The lowest BCUT2D eigenvalue weighted by Crippen LogP contribution is -2.47. The van der Waals surface area contributed by atoms with Gasteiger partial charge in [0.05, 0.1) is 5.69 Å². The lowest BCUT2D eigenvalue weighted by molar-refractivity contribution is -0.136. The molecule has 0 spiro atoms. The maximum absolute atomic E-state index is 14.1. The number of benzene rings is 2. The number of nitrogens with zero attached hydrogens (tertiary/aromatic N) is 1. The number of fused-ring (bicyclic) bond motifs is 3. The summed E-state index contributed by atoms with van der Waals surface area (Å²) in [6.07, 6.45) is 5.09. The van der Waals surface area contributed by atoms with Crippen LogP contribution in [-0.2, 0) is 14.4 Å². The van der Waals surface area contributed by atoms with Crippen molar-refractivity contribution in [1.29, 1.82) is 0 Å². The first-order chi connectivity index (χ1) is 17.3. The normalized spacial score (nSPS) is 18.7. The Morgan fingerprint density at radius 3 is 2.33 bits per heavy atom. The second-order valence-electron chi connectivity index (χ2n) is 10.8. The lowest BCUT2D eigenvalue weighted by Gasteiger charge is -2.30. The summed E-state index contributed by atoms with van der Waals surface area (Å²) in [4.78, 5) is 42.3. The van der Waals surface area contributed by atoms with Gasteiger partial charge >= 0.3 is 0 Å². The molecule has 36 heavy (non-hydrogen) atoms. The van der Waals surface area contributed by atoms with Gasteiger partial charge in [-0.1, -0.05) is 76.1 Å². The average Bonchev–Trinajstić information content (AvgIpc) is 3.69. The number of para-hydroxylation sites is 1. The van der Waals surface area contributed by atoms with Crippen LogP contribution in [0.4, 0.5) is 5.69 Å². The summed E-state index contributed by atoms with van der Waals surface area (Å²) in [5.74, 6) is -1.27. The Bertz CT molecular complexity index is 1110. The molecular formula is C30H39N3O3. The molecule has 1 aliphatic heterocycles. The van der Waals surface area contributed by atoms with Crippen molar-refractivity contribution in [3.8, 4) is 11.1 Å². The molecule has 192 valence electrons. The Morgan fingerprint density at radius 1 is 1.03 bits per heavy atom. The molecule has 1 unspecified atom stereocenters. The zero-order valence-corrected chi connectivity index (χ0v) is 21.7. The first-order valence-corrected chi connectivity index (χ1v) is 13.4. The Labute approximate surface area is 214 Å². The van der Waals surface area contributed by atoms with Gasteiger partial charge in [0.2, 0.25) is 11.8 Å². The number of carbonyl (C=O) groups is 3. The summed E-state index contributed by atoms with van der Waals surface area (Å²) < 4.78 is 0. The fourth-order valence-corrected chi connectivity index (χ4v) is 5.40. The van der Waals surface area contributed by atoms with E-state index in [2.05, 4.69) is 12.2 Å². The van der Waals surface area contributed by atoms with Gasteiger partial charge in [0.25, 0.3) is 5.91 Å². The Morgan fingerprint density at radius 2 is 1.69 bits per heavy atom. The van der Waals surface area contributed by atoms with Gasteiger partial charge in [-0.3, -0.25) is 14.4 Å². The molecule has 0 saturated heterocycles. The molecule has 4 rings (SSSR count). The Balaban J connectivity index is 1.72. The van der Waals surface area contributed by atoms with Crippen LogP contribution in [0.5, 0.6) is 0 Å². The second-order valence-corrected chi connectivity index (χ2v) is 10.8. The minimum Gasteiger partial charge on any atom is -0.369 e. The van der Waals surface area contributed by atoms with Crippen molar-refractivity contribution in [3.63, 3.8) is 0 Å². The molecule has 1 fully saturated rings. The van der Waals surface area contributed by atoms with E-state index in [-0.39, 0.29) is 17.7 Å². The highest BCUT2D eigenvalue weighted by atomic mass is 16.2. The predicted molar refractivity (Wildman–Crippen MR) is 143 cm³/mol. The van der Waals surface area contributed by atoms with Crippen molar-refractivity contribution in [1.82, 2.24) is 5.32 Å². The van der Waals surface area contributed by atoms with Crippen LogP contribution < -0.4 is 16.0 Å². The predicted octanol–water partition coefficient (Wildman–Crippen LogP) is 5.22. The number of nitrogens with two attached hydrogens (primary N) is 1. The topological polar surface area (TPSA) is 92.5 Å². The molecule has 2 aliphatic rings. The van der Waals surface area contributed by atoms with Gasteiger partial charge in [-0.2, -0.15) is 0 Å².